The Labute approximate surface area is 217 Å². The summed E-state index contributed by atoms with van der Waals surface area (Å²) in [7, 11) is 1.35. The van der Waals surface area contributed by atoms with Gasteiger partial charge in [0.2, 0.25) is 0 Å². The van der Waals surface area contributed by atoms with Gasteiger partial charge in [-0.15, -0.1) is 0 Å². The molecule has 3 heterocycles. The van der Waals surface area contributed by atoms with Crippen molar-refractivity contribution in [3.63, 3.8) is 0 Å². The van der Waals surface area contributed by atoms with Crippen LogP contribution in [0.2, 0.25) is 0 Å². The Bertz CT molecular complexity index is 1160. The van der Waals surface area contributed by atoms with Crippen LogP contribution in [0, 0.1) is 22.7 Å². The summed E-state index contributed by atoms with van der Waals surface area (Å²) < 4.78 is 29.2. The molecule has 1 saturated carbocycles. The highest BCUT2D eigenvalue weighted by atomic mass is 16.6. The van der Waals surface area contributed by atoms with E-state index in [1.807, 2.05) is 19.9 Å². The summed E-state index contributed by atoms with van der Waals surface area (Å²) in [5, 5.41) is 0. The van der Waals surface area contributed by atoms with Crippen molar-refractivity contribution in [3.05, 3.63) is 48.0 Å². The SMILES string of the molecule is C=C1C2=CCC(c3ccoc3)C2(C)C(OC(C)=O)C2OC3CC(=O)OC(C)(C)C(CC(=O)OC)C3(C)C12. The minimum Gasteiger partial charge on any atom is -0.472 e. The highest BCUT2D eigenvalue weighted by molar-refractivity contribution is 5.73. The van der Waals surface area contributed by atoms with E-state index in [1.54, 1.807) is 12.5 Å². The molecule has 0 radical (unpaired) electrons. The number of carbonyl (C=O) groups is 3. The minimum absolute atomic E-state index is 0.00242. The number of cyclic esters (lactones) is 1. The fourth-order valence-electron chi connectivity index (χ4n) is 8.07. The predicted molar refractivity (Wildman–Crippen MR) is 132 cm³/mol. The molecule has 8 heteroatoms. The van der Waals surface area contributed by atoms with Crippen LogP contribution < -0.4 is 0 Å². The van der Waals surface area contributed by atoms with Crippen LogP contribution >= 0.6 is 0 Å². The third-order valence-electron chi connectivity index (χ3n) is 9.64. The zero-order valence-electron chi connectivity index (χ0n) is 22.4. The number of rotatable bonds is 4. The molecule has 2 aliphatic heterocycles. The van der Waals surface area contributed by atoms with Gasteiger partial charge >= 0.3 is 17.9 Å². The van der Waals surface area contributed by atoms with Crippen molar-refractivity contribution in [2.75, 3.05) is 7.11 Å². The summed E-state index contributed by atoms with van der Waals surface area (Å²) in [4.78, 5) is 38.1. The largest absolute Gasteiger partial charge is 0.472 e. The fourth-order valence-corrected chi connectivity index (χ4v) is 8.07. The highest BCUT2D eigenvalue weighted by Gasteiger charge is 2.71. The number of fused-ring (bicyclic) bond motifs is 4. The van der Waals surface area contributed by atoms with E-state index >= 15 is 0 Å². The van der Waals surface area contributed by atoms with Crippen molar-refractivity contribution in [2.45, 2.75) is 83.7 Å². The van der Waals surface area contributed by atoms with Gasteiger partial charge in [0, 0.05) is 35.5 Å². The molecule has 200 valence electrons. The number of furan rings is 1. The van der Waals surface area contributed by atoms with Crippen LogP contribution in [0.5, 0.6) is 0 Å². The number of methoxy groups -OCH3 is 1. The van der Waals surface area contributed by atoms with Crippen LogP contribution in [-0.2, 0) is 33.3 Å². The van der Waals surface area contributed by atoms with Crippen molar-refractivity contribution in [1.82, 2.24) is 0 Å². The number of allylic oxidation sites excluding steroid dienone is 1. The standard InChI is InChI=1S/C29H36O8/c1-15-18-8-9-19(17-10-11-34-14-17)28(18,5)26(35-16(2)30)25-24(15)29(6)20(12-22(31)33-7)27(3,4)37-23(32)13-21(29)36-25/h8,10-11,14,19-21,24-26H,1,9,12-13H2,2-7H3. The van der Waals surface area contributed by atoms with Crippen LogP contribution in [0.15, 0.2) is 46.8 Å². The number of hydrogen-bond donors (Lipinski definition) is 0. The second-order valence-corrected chi connectivity index (χ2v) is 11.8. The molecule has 2 aliphatic carbocycles. The molecule has 0 N–H and O–H groups in total. The summed E-state index contributed by atoms with van der Waals surface area (Å²) in [6.07, 6.45) is 4.64. The van der Waals surface area contributed by atoms with Gasteiger partial charge in [0.05, 0.1) is 38.6 Å². The van der Waals surface area contributed by atoms with Gasteiger partial charge in [-0.05, 0) is 43.0 Å². The number of carbonyl (C=O) groups excluding carboxylic acids is 3. The smallest absolute Gasteiger partial charge is 0.308 e. The summed E-state index contributed by atoms with van der Waals surface area (Å²) in [6.45, 7) is 13.8. The summed E-state index contributed by atoms with van der Waals surface area (Å²) >= 11 is 0. The lowest BCUT2D eigenvalue weighted by Gasteiger charge is -2.53. The molecule has 0 amide bonds. The van der Waals surface area contributed by atoms with Crippen LogP contribution in [0.25, 0.3) is 0 Å². The summed E-state index contributed by atoms with van der Waals surface area (Å²) in [6, 6.07) is 1.94. The second-order valence-electron chi connectivity index (χ2n) is 11.8. The van der Waals surface area contributed by atoms with E-state index in [0.717, 1.165) is 23.1 Å². The molecule has 5 rings (SSSR count). The first-order chi connectivity index (χ1) is 17.4. The van der Waals surface area contributed by atoms with E-state index in [9.17, 15) is 14.4 Å². The van der Waals surface area contributed by atoms with Gasteiger partial charge in [-0.1, -0.05) is 26.5 Å². The van der Waals surface area contributed by atoms with Gasteiger partial charge in [0.25, 0.3) is 0 Å². The van der Waals surface area contributed by atoms with E-state index in [4.69, 9.17) is 23.4 Å². The number of hydrogen-bond acceptors (Lipinski definition) is 8. The Hall–Kier alpha value is -2.87. The molecule has 37 heavy (non-hydrogen) atoms. The maximum Gasteiger partial charge on any atom is 0.308 e. The van der Waals surface area contributed by atoms with Gasteiger partial charge in [0.15, 0.2) is 0 Å². The maximum absolute atomic E-state index is 12.9. The van der Waals surface area contributed by atoms with E-state index in [2.05, 4.69) is 26.5 Å². The number of ether oxygens (including phenoxy) is 4. The first-order valence-electron chi connectivity index (χ1n) is 12.9. The molecular weight excluding hydrogens is 476 g/mol. The summed E-state index contributed by atoms with van der Waals surface area (Å²) in [5.41, 5.74) is 0.647. The molecule has 1 aromatic rings. The minimum atomic E-state index is -0.964. The van der Waals surface area contributed by atoms with E-state index in [0.29, 0.717) is 0 Å². The topological polar surface area (TPSA) is 101 Å². The number of esters is 3. The third kappa shape index (κ3) is 3.62. The molecule has 3 fully saturated rings. The van der Waals surface area contributed by atoms with Crippen molar-refractivity contribution >= 4 is 17.9 Å². The normalized spacial score (nSPS) is 40.0. The van der Waals surface area contributed by atoms with Gasteiger partial charge in [-0.3, -0.25) is 14.4 Å². The predicted octanol–water partition coefficient (Wildman–Crippen LogP) is 4.50. The molecule has 4 aliphatic rings. The highest BCUT2D eigenvalue weighted by Crippen LogP contribution is 2.68. The first kappa shape index (κ1) is 25.8. The van der Waals surface area contributed by atoms with Gasteiger partial charge in [0.1, 0.15) is 17.8 Å². The Balaban J connectivity index is 1.67. The Kier molecular flexibility index (Phi) is 5.98. The molecule has 8 unspecified atom stereocenters. The van der Waals surface area contributed by atoms with E-state index in [-0.39, 0.29) is 36.6 Å². The lowest BCUT2D eigenvalue weighted by atomic mass is 9.51. The monoisotopic (exact) mass is 512 g/mol. The van der Waals surface area contributed by atoms with Crippen LogP contribution in [0.1, 0.15) is 65.4 Å². The molecular formula is C29H36O8. The molecule has 0 aromatic carbocycles. The van der Waals surface area contributed by atoms with E-state index < -0.39 is 46.6 Å². The summed E-state index contributed by atoms with van der Waals surface area (Å²) in [5.74, 6) is -1.91. The van der Waals surface area contributed by atoms with Crippen LogP contribution in [-0.4, -0.2) is 48.9 Å². The fraction of sp³-hybridized carbons (Fsp3) is 0.621. The Morgan fingerprint density at radius 3 is 2.57 bits per heavy atom. The van der Waals surface area contributed by atoms with Gasteiger partial charge in [-0.25, -0.2) is 0 Å². The molecule has 8 nitrogen and oxygen atoms in total. The lowest BCUT2D eigenvalue weighted by Crippen LogP contribution is -2.57. The van der Waals surface area contributed by atoms with Crippen molar-refractivity contribution in [2.24, 2.45) is 22.7 Å². The lowest BCUT2D eigenvalue weighted by molar-refractivity contribution is -0.175. The van der Waals surface area contributed by atoms with Gasteiger partial charge < -0.3 is 23.4 Å². The van der Waals surface area contributed by atoms with Crippen molar-refractivity contribution in [1.29, 1.82) is 0 Å². The van der Waals surface area contributed by atoms with Crippen LogP contribution in [0.3, 0.4) is 0 Å². The van der Waals surface area contributed by atoms with Crippen LogP contribution in [0.4, 0.5) is 0 Å². The Morgan fingerprint density at radius 2 is 1.95 bits per heavy atom. The average Bonchev–Trinajstić information content (AvgIpc) is 3.51. The molecule has 1 aromatic heterocycles. The molecule has 8 atom stereocenters. The molecule has 0 bridgehead atoms. The molecule has 0 spiro atoms. The second kappa shape index (κ2) is 8.58. The molecule has 2 saturated heterocycles. The average molecular weight is 513 g/mol. The third-order valence-corrected chi connectivity index (χ3v) is 9.64. The Morgan fingerprint density at radius 1 is 1.22 bits per heavy atom. The van der Waals surface area contributed by atoms with E-state index in [1.165, 1.54) is 14.0 Å². The maximum atomic E-state index is 12.9. The zero-order chi connectivity index (χ0) is 26.9. The van der Waals surface area contributed by atoms with Crippen molar-refractivity contribution < 1.29 is 37.7 Å². The van der Waals surface area contributed by atoms with Crippen molar-refractivity contribution in [3.8, 4) is 0 Å². The zero-order valence-corrected chi connectivity index (χ0v) is 22.4. The first-order valence-corrected chi connectivity index (χ1v) is 12.9. The van der Waals surface area contributed by atoms with Gasteiger partial charge in [-0.2, -0.15) is 0 Å². The quantitative estimate of drug-likeness (QED) is 0.430.